The zero-order valence-electron chi connectivity index (χ0n) is 9.67. The Morgan fingerprint density at radius 1 is 1.50 bits per heavy atom. The maximum absolute atomic E-state index is 11.1. The van der Waals surface area contributed by atoms with Crippen molar-refractivity contribution in [2.75, 3.05) is 24.5 Å². The Morgan fingerprint density at radius 3 is 2.83 bits per heavy atom. The molecule has 0 radical (unpaired) electrons. The van der Waals surface area contributed by atoms with Crippen LogP contribution in [0.15, 0.2) is 18.3 Å². The fourth-order valence-corrected chi connectivity index (χ4v) is 1.90. The first-order valence-electron chi connectivity index (χ1n) is 5.55. The molecule has 0 aromatic carbocycles. The van der Waals surface area contributed by atoms with Gasteiger partial charge in [0.1, 0.15) is 11.9 Å². The molecule has 1 aliphatic rings. The molecule has 1 unspecified atom stereocenters. The monoisotopic (exact) mass is 250 g/mol. The van der Waals surface area contributed by atoms with E-state index in [9.17, 15) is 9.59 Å². The number of hydrogen-bond acceptors (Lipinski definition) is 5. The number of pyridine rings is 1. The standard InChI is InChI=1S/C11H14N4O3/c12-10(16)7-1-2-9(14-5-7)15-4-3-13-6-8(15)11(17)18/h1-2,5,8,13H,3-4,6H2,(H2,12,16)(H,17,18). The molecular formula is C11H14N4O3. The molecule has 96 valence electrons. The van der Waals surface area contributed by atoms with Crippen LogP contribution in [-0.4, -0.2) is 47.6 Å². The molecular weight excluding hydrogens is 236 g/mol. The topological polar surface area (TPSA) is 109 Å². The summed E-state index contributed by atoms with van der Waals surface area (Å²) in [6, 6.07) is 2.51. The number of aromatic nitrogens is 1. The molecule has 0 bridgehead atoms. The second kappa shape index (κ2) is 5.01. The number of nitrogens with two attached hydrogens (primary N) is 1. The predicted molar refractivity (Wildman–Crippen MR) is 64.4 cm³/mol. The highest BCUT2D eigenvalue weighted by molar-refractivity contribution is 5.92. The second-order valence-corrected chi connectivity index (χ2v) is 4.02. The van der Waals surface area contributed by atoms with Crippen molar-refractivity contribution in [2.24, 2.45) is 5.73 Å². The van der Waals surface area contributed by atoms with Crippen LogP contribution in [-0.2, 0) is 4.79 Å². The third kappa shape index (κ3) is 2.40. The summed E-state index contributed by atoms with van der Waals surface area (Å²) in [5.74, 6) is -0.916. The predicted octanol–water partition coefficient (Wildman–Crippen LogP) is -0.957. The molecule has 0 aliphatic carbocycles. The largest absolute Gasteiger partial charge is 0.480 e. The first-order valence-corrected chi connectivity index (χ1v) is 5.55. The Balaban J connectivity index is 2.23. The number of carbonyl (C=O) groups excluding carboxylic acids is 1. The molecule has 1 fully saturated rings. The molecule has 1 saturated heterocycles. The first-order chi connectivity index (χ1) is 8.59. The molecule has 18 heavy (non-hydrogen) atoms. The Bertz CT molecular complexity index is 460. The minimum atomic E-state index is -0.900. The number of carboxylic acid groups (broad SMARTS) is 1. The lowest BCUT2D eigenvalue weighted by Gasteiger charge is -2.34. The minimum Gasteiger partial charge on any atom is -0.480 e. The number of piperazine rings is 1. The number of hydrogen-bond donors (Lipinski definition) is 3. The molecule has 2 rings (SSSR count). The Morgan fingerprint density at radius 2 is 2.28 bits per heavy atom. The summed E-state index contributed by atoms with van der Waals surface area (Å²) in [5.41, 5.74) is 5.43. The molecule has 1 aliphatic heterocycles. The van der Waals surface area contributed by atoms with Crippen LogP contribution in [0, 0.1) is 0 Å². The normalized spacial score (nSPS) is 19.6. The Labute approximate surface area is 104 Å². The quantitative estimate of drug-likeness (QED) is 0.637. The van der Waals surface area contributed by atoms with Gasteiger partial charge in [-0.15, -0.1) is 0 Å². The van der Waals surface area contributed by atoms with Gasteiger partial charge in [0.05, 0.1) is 5.56 Å². The van der Waals surface area contributed by atoms with Crippen molar-refractivity contribution in [2.45, 2.75) is 6.04 Å². The van der Waals surface area contributed by atoms with Gasteiger partial charge in [-0.05, 0) is 12.1 Å². The summed E-state index contributed by atoms with van der Waals surface area (Å²) in [7, 11) is 0. The fourth-order valence-electron chi connectivity index (χ4n) is 1.90. The minimum absolute atomic E-state index is 0.306. The van der Waals surface area contributed by atoms with Gasteiger partial charge in [-0.25, -0.2) is 9.78 Å². The zero-order chi connectivity index (χ0) is 13.1. The second-order valence-electron chi connectivity index (χ2n) is 4.02. The smallest absolute Gasteiger partial charge is 0.327 e. The molecule has 4 N–H and O–H groups in total. The Kier molecular flexibility index (Phi) is 3.42. The van der Waals surface area contributed by atoms with Crippen LogP contribution in [0.2, 0.25) is 0 Å². The highest BCUT2D eigenvalue weighted by atomic mass is 16.4. The molecule has 7 nitrogen and oxygen atoms in total. The van der Waals surface area contributed by atoms with Crippen LogP contribution in [0.5, 0.6) is 0 Å². The van der Waals surface area contributed by atoms with E-state index in [4.69, 9.17) is 10.8 Å². The van der Waals surface area contributed by atoms with Gasteiger partial charge in [0.15, 0.2) is 0 Å². The van der Waals surface area contributed by atoms with Crippen LogP contribution in [0.3, 0.4) is 0 Å². The number of carbonyl (C=O) groups is 2. The highest BCUT2D eigenvalue weighted by Crippen LogP contribution is 2.16. The number of anilines is 1. The van der Waals surface area contributed by atoms with Crippen molar-refractivity contribution in [1.29, 1.82) is 0 Å². The molecule has 1 aromatic heterocycles. The van der Waals surface area contributed by atoms with Crippen LogP contribution < -0.4 is 16.0 Å². The third-order valence-electron chi connectivity index (χ3n) is 2.86. The van der Waals surface area contributed by atoms with E-state index in [0.29, 0.717) is 31.0 Å². The van der Waals surface area contributed by atoms with E-state index in [-0.39, 0.29) is 0 Å². The van der Waals surface area contributed by atoms with Crippen LogP contribution in [0.1, 0.15) is 10.4 Å². The van der Waals surface area contributed by atoms with Gasteiger partial charge in [-0.1, -0.05) is 0 Å². The number of nitrogens with one attached hydrogen (secondary N) is 1. The van der Waals surface area contributed by atoms with Gasteiger partial charge >= 0.3 is 5.97 Å². The van der Waals surface area contributed by atoms with Crippen LogP contribution >= 0.6 is 0 Å². The third-order valence-corrected chi connectivity index (χ3v) is 2.86. The number of rotatable bonds is 3. The zero-order valence-corrected chi connectivity index (χ0v) is 9.67. The maximum atomic E-state index is 11.1. The number of carboxylic acids is 1. The molecule has 1 amide bonds. The van der Waals surface area contributed by atoms with Crippen molar-refractivity contribution < 1.29 is 14.7 Å². The van der Waals surface area contributed by atoms with E-state index in [0.717, 1.165) is 0 Å². The lowest BCUT2D eigenvalue weighted by Crippen LogP contribution is -2.55. The summed E-state index contributed by atoms with van der Waals surface area (Å²) in [5, 5.41) is 12.2. The van der Waals surface area contributed by atoms with Crippen molar-refractivity contribution in [3.8, 4) is 0 Å². The number of amides is 1. The summed E-state index contributed by atoms with van der Waals surface area (Å²) in [6.07, 6.45) is 1.36. The number of primary amides is 1. The van der Waals surface area contributed by atoms with E-state index >= 15 is 0 Å². The summed E-state index contributed by atoms with van der Waals surface area (Å²) >= 11 is 0. The van der Waals surface area contributed by atoms with Crippen molar-refractivity contribution in [1.82, 2.24) is 10.3 Å². The summed E-state index contributed by atoms with van der Waals surface area (Å²) in [6.45, 7) is 1.62. The van der Waals surface area contributed by atoms with Crippen molar-refractivity contribution in [3.05, 3.63) is 23.9 Å². The van der Waals surface area contributed by atoms with Gasteiger partial charge in [0.2, 0.25) is 5.91 Å². The summed E-state index contributed by atoms with van der Waals surface area (Å²) in [4.78, 5) is 27.8. The molecule has 0 spiro atoms. The van der Waals surface area contributed by atoms with Gasteiger partial charge in [0, 0.05) is 25.8 Å². The average molecular weight is 250 g/mol. The van der Waals surface area contributed by atoms with Crippen molar-refractivity contribution >= 4 is 17.7 Å². The molecule has 1 aromatic rings. The number of aliphatic carboxylic acids is 1. The van der Waals surface area contributed by atoms with E-state index in [1.54, 1.807) is 17.0 Å². The van der Waals surface area contributed by atoms with E-state index in [2.05, 4.69) is 10.3 Å². The van der Waals surface area contributed by atoms with Crippen LogP contribution in [0.4, 0.5) is 5.82 Å². The lowest BCUT2D eigenvalue weighted by molar-refractivity contribution is -0.138. The van der Waals surface area contributed by atoms with E-state index in [1.165, 1.54) is 6.20 Å². The SMILES string of the molecule is NC(=O)c1ccc(N2CCNCC2C(=O)O)nc1. The molecule has 2 heterocycles. The highest BCUT2D eigenvalue weighted by Gasteiger charge is 2.29. The molecule has 0 saturated carbocycles. The van der Waals surface area contributed by atoms with Crippen LogP contribution in [0.25, 0.3) is 0 Å². The maximum Gasteiger partial charge on any atom is 0.327 e. The molecule has 7 heteroatoms. The van der Waals surface area contributed by atoms with Gasteiger partial charge in [-0.3, -0.25) is 4.79 Å². The van der Waals surface area contributed by atoms with E-state index in [1.807, 2.05) is 0 Å². The first kappa shape index (κ1) is 12.3. The number of nitrogens with zero attached hydrogens (tertiary/aromatic N) is 2. The Hall–Kier alpha value is -2.15. The van der Waals surface area contributed by atoms with E-state index < -0.39 is 17.9 Å². The lowest BCUT2D eigenvalue weighted by atomic mass is 10.2. The molecule has 1 atom stereocenters. The van der Waals surface area contributed by atoms with Crippen molar-refractivity contribution in [3.63, 3.8) is 0 Å². The van der Waals surface area contributed by atoms with Gasteiger partial charge in [0.25, 0.3) is 0 Å². The van der Waals surface area contributed by atoms with Gasteiger partial charge in [-0.2, -0.15) is 0 Å². The summed E-state index contributed by atoms with van der Waals surface area (Å²) < 4.78 is 0. The average Bonchev–Trinajstić information content (AvgIpc) is 2.39. The van der Waals surface area contributed by atoms with Gasteiger partial charge < -0.3 is 21.1 Å². The fraction of sp³-hybridized carbons (Fsp3) is 0.364.